The zero-order valence-electron chi connectivity index (χ0n) is 17.0. The quantitative estimate of drug-likeness (QED) is 0.227. The van der Waals surface area contributed by atoms with Crippen LogP contribution < -0.4 is 15.4 Å². The monoisotopic (exact) mass is 436 g/mol. The first-order valence-corrected chi connectivity index (χ1v) is 9.45. The van der Waals surface area contributed by atoms with E-state index in [1.54, 1.807) is 42.5 Å². The molecule has 164 valence electrons. The summed E-state index contributed by atoms with van der Waals surface area (Å²) in [5.41, 5.74) is 1.22. The lowest BCUT2D eigenvalue weighted by atomic mass is 10.1. The van der Waals surface area contributed by atoms with Crippen LogP contribution in [-0.2, 0) is 11.3 Å². The summed E-state index contributed by atoms with van der Waals surface area (Å²) in [6, 6.07) is 14.9. The maximum atomic E-state index is 12.5. The van der Waals surface area contributed by atoms with Gasteiger partial charge in [-0.05, 0) is 42.0 Å². The number of esters is 1. The Balaban J connectivity index is 1.71. The number of carbonyl (C=O) groups excluding carboxylic acids is 3. The summed E-state index contributed by atoms with van der Waals surface area (Å²) < 4.78 is 4.98. The van der Waals surface area contributed by atoms with E-state index in [4.69, 9.17) is 4.74 Å². The molecule has 0 aromatic heterocycles. The second kappa shape index (κ2) is 9.52. The predicted molar refractivity (Wildman–Crippen MR) is 115 cm³/mol. The molecule has 2 amide bonds. The number of anilines is 1. The van der Waals surface area contributed by atoms with Crippen LogP contribution >= 0.6 is 0 Å². The Labute approximate surface area is 182 Å². The first kappa shape index (κ1) is 22.2. The van der Waals surface area contributed by atoms with Crippen LogP contribution in [0.4, 0.5) is 5.69 Å². The third-order valence-corrected chi connectivity index (χ3v) is 4.39. The summed E-state index contributed by atoms with van der Waals surface area (Å²) in [4.78, 5) is 36.1. The minimum absolute atomic E-state index is 0.0704. The lowest BCUT2D eigenvalue weighted by Crippen LogP contribution is -2.24. The highest BCUT2D eigenvalue weighted by Gasteiger charge is 2.15. The van der Waals surface area contributed by atoms with Gasteiger partial charge in [0.05, 0.1) is 0 Å². The maximum Gasteiger partial charge on any atom is 0.308 e. The van der Waals surface area contributed by atoms with Gasteiger partial charge in [0.15, 0.2) is 17.2 Å². The lowest BCUT2D eigenvalue weighted by molar-refractivity contribution is -0.131. The molecule has 0 saturated heterocycles. The molecule has 0 heterocycles. The highest BCUT2D eigenvalue weighted by atomic mass is 16.5. The van der Waals surface area contributed by atoms with Crippen LogP contribution in [-0.4, -0.2) is 33.1 Å². The average Bonchev–Trinajstić information content (AvgIpc) is 2.76. The Bertz CT molecular complexity index is 1170. The number of ether oxygens (including phenoxy) is 1. The number of para-hydroxylation sites is 1. The zero-order chi connectivity index (χ0) is 23.3. The standard InChI is InChI=1S/C23H20N2O7/c1-13(26)32-17-7-4-6-14(9-17)22(30)24-12-15-5-2-3-8-18(15)25-23(31)16-10-19(27)21(29)20(28)11-16/h2-11,27-29H,12H2,1H3,(H,24,30)(H,25,31). The van der Waals surface area contributed by atoms with Crippen molar-refractivity contribution in [2.45, 2.75) is 13.5 Å². The molecule has 0 aliphatic carbocycles. The van der Waals surface area contributed by atoms with Crippen LogP contribution in [0.15, 0.2) is 60.7 Å². The summed E-state index contributed by atoms with van der Waals surface area (Å²) in [5.74, 6) is -3.28. The van der Waals surface area contributed by atoms with Gasteiger partial charge in [-0.1, -0.05) is 24.3 Å². The summed E-state index contributed by atoms with van der Waals surface area (Å²) in [5, 5.41) is 34.0. The fraction of sp³-hybridized carbons (Fsp3) is 0.0870. The van der Waals surface area contributed by atoms with Gasteiger partial charge in [-0.15, -0.1) is 0 Å². The smallest absolute Gasteiger partial charge is 0.308 e. The summed E-state index contributed by atoms with van der Waals surface area (Å²) in [6.07, 6.45) is 0. The number of rotatable bonds is 6. The van der Waals surface area contributed by atoms with Crippen LogP contribution in [0.5, 0.6) is 23.0 Å². The van der Waals surface area contributed by atoms with Crippen LogP contribution in [0.3, 0.4) is 0 Å². The summed E-state index contributed by atoms with van der Waals surface area (Å²) in [6.45, 7) is 1.35. The molecule has 32 heavy (non-hydrogen) atoms. The van der Waals surface area contributed by atoms with Crippen molar-refractivity contribution in [3.63, 3.8) is 0 Å². The van der Waals surface area contributed by atoms with Crippen molar-refractivity contribution in [1.82, 2.24) is 5.32 Å². The highest BCUT2D eigenvalue weighted by molar-refractivity contribution is 6.05. The van der Waals surface area contributed by atoms with Crippen molar-refractivity contribution in [2.24, 2.45) is 0 Å². The molecule has 3 rings (SSSR count). The van der Waals surface area contributed by atoms with Crippen molar-refractivity contribution in [3.05, 3.63) is 77.4 Å². The number of amides is 2. The minimum atomic E-state index is -0.720. The molecular weight excluding hydrogens is 416 g/mol. The van der Waals surface area contributed by atoms with Crippen LogP contribution in [0.25, 0.3) is 0 Å². The Morgan fingerprint density at radius 1 is 0.844 bits per heavy atom. The van der Waals surface area contributed by atoms with Crippen LogP contribution in [0, 0.1) is 0 Å². The van der Waals surface area contributed by atoms with E-state index in [9.17, 15) is 29.7 Å². The first-order chi connectivity index (χ1) is 15.2. The number of aromatic hydroxyl groups is 3. The van der Waals surface area contributed by atoms with Gasteiger partial charge < -0.3 is 30.7 Å². The fourth-order valence-corrected chi connectivity index (χ4v) is 2.87. The van der Waals surface area contributed by atoms with E-state index in [1.165, 1.54) is 13.0 Å². The molecule has 0 aliphatic rings. The molecule has 3 aromatic rings. The molecule has 0 saturated carbocycles. The molecule has 0 aliphatic heterocycles. The SMILES string of the molecule is CC(=O)Oc1cccc(C(=O)NCc2ccccc2NC(=O)c2cc(O)c(O)c(O)c2)c1. The summed E-state index contributed by atoms with van der Waals surface area (Å²) in [7, 11) is 0. The van der Waals surface area contributed by atoms with Gasteiger partial charge in [0.1, 0.15) is 5.75 Å². The average molecular weight is 436 g/mol. The van der Waals surface area contributed by atoms with Gasteiger partial charge in [-0.2, -0.15) is 0 Å². The summed E-state index contributed by atoms with van der Waals surface area (Å²) >= 11 is 0. The second-order valence-corrected chi connectivity index (χ2v) is 6.78. The number of hydrogen-bond donors (Lipinski definition) is 5. The van der Waals surface area contributed by atoms with Crippen LogP contribution in [0.2, 0.25) is 0 Å². The number of phenolic OH excluding ortho intramolecular Hbond substituents is 3. The fourth-order valence-electron chi connectivity index (χ4n) is 2.87. The first-order valence-electron chi connectivity index (χ1n) is 9.45. The van der Waals surface area contributed by atoms with E-state index >= 15 is 0 Å². The third kappa shape index (κ3) is 5.33. The molecule has 0 atom stereocenters. The van der Waals surface area contributed by atoms with E-state index in [-0.39, 0.29) is 17.9 Å². The number of hydrogen-bond acceptors (Lipinski definition) is 7. The van der Waals surface area contributed by atoms with Crippen LogP contribution in [0.1, 0.15) is 33.2 Å². The normalized spacial score (nSPS) is 10.3. The number of carbonyl (C=O) groups is 3. The molecule has 9 nitrogen and oxygen atoms in total. The zero-order valence-corrected chi connectivity index (χ0v) is 17.0. The van der Waals surface area contributed by atoms with Crippen molar-refractivity contribution in [3.8, 4) is 23.0 Å². The van der Waals surface area contributed by atoms with Gasteiger partial charge in [-0.25, -0.2) is 0 Å². The Morgan fingerprint density at radius 2 is 1.53 bits per heavy atom. The molecule has 9 heteroatoms. The third-order valence-electron chi connectivity index (χ3n) is 4.39. The number of benzene rings is 3. The molecule has 0 fully saturated rings. The van der Waals surface area contributed by atoms with E-state index in [0.717, 1.165) is 12.1 Å². The van der Waals surface area contributed by atoms with Gasteiger partial charge in [0.2, 0.25) is 0 Å². The molecule has 0 unspecified atom stereocenters. The molecule has 0 radical (unpaired) electrons. The molecule has 5 N–H and O–H groups in total. The Hall–Kier alpha value is -4.53. The number of phenols is 3. The van der Waals surface area contributed by atoms with E-state index in [0.29, 0.717) is 16.8 Å². The second-order valence-electron chi connectivity index (χ2n) is 6.78. The van der Waals surface area contributed by atoms with Gasteiger partial charge >= 0.3 is 5.97 Å². The molecule has 3 aromatic carbocycles. The lowest BCUT2D eigenvalue weighted by Gasteiger charge is -2.13. The molecule has 0 bridgehead atoms. The number of nitrogens with one attached hydrogen (secondary N) is 2. The highest BCUT2D eigenvalue weighted by Crippen LogP contribution is 2.35. The van der Waals surface area contributed by atoms with Crippen molar-refractivity contribution in [1.29, 1.82) is 0 Å². The van der Waals surface area contributed by atoms with Crippen molar-refractivity contribution >= 4 is 23.5 Å². The van der Waals surface area contributed by atoms with Gasteiger partial charge in [-0.3, -0.25) is 14.4 Å². The maximum absolute atomic E-state index is 12.5. The van der Waals surface area contributed by atoms with Gasteiger partial charge in [0.25, 0.3) is 11.8 Å². The van der Waals surface area contributed by atoms with E-state index < -0.39 is 35.0 Å². The Kier molecular flexibility index (Phi) is 6.59. The predicted octanol–water partition coefficient (Wildman–Crippen LogP) is 2.91. The largest absolute Gasteiger partial charge is 0.504 e. The topological polar surface area (TPSA) is 145 Å². The minimum Gasteiger partial charge on any atom is -0.504 e. The van der Waals surface area contributed by atoms with Crippen molar-refractivity contribution in [2.75, 3.05) is 5.32 Å². The Morgan fingerprint density at radius 3 is 2.22 bits per heavy atom. The van der Waals surface area contributed by atoms with Gasteiger partial charge in [0, 0.05) is 30.3 Å². The van der Waals surface area contributed by atoms with Crippen molar-refractivity contribution < 1.29 is 34.4 Å². The van der Waals surface area contributed by atoms with E-state index in [2.05, 4.69) is 10.6 Å². The molecular formula is C23H20N2O7. The van der Waals surface area contributed by atoms with E-state index in [1.807, 2.05) is 0 Å². The molecule has 0 spiro atoms.